The zero-order valence-electron chi connectivity index (χ0n) is 16.7. The van der Waals surface area contributed by atoms with Gasteiger partial charge in [0.25, 0.3) is 0 Å². The number of nitrogens with zero attached hydrogens (tertiary/aromatic N) is 2. The lowest BCUT2D eigenvalue weighted by molar-refractivity contribution is 0.0903. The highest BCUT2D eigenvalue weighted by atomic mass is 32.2. The summed E-state index contributed by atoms with van der Waals surface area (Å²) < 4.78 is 11.5. The van der Waals surface area contributed by atoms with Gasteiger partial charge in [-0.25, -0.2) is 4.21 Å². The fourth-order valence-corrected chi connectivity index (χ4v) is 4.70. The summed E-state index contributed by atoms with van der Waals surface area (Å²) in [4.78, 5) is 2.47. The van der Waals surface area contributed by atoms with Gasteiger partial charge >= 0.3 is 0 Å². The standard InChI is InChI=1S/C22H33N3OS/c1-4-5-13-22(18-23,17-21(2,3)27(24)26)20-11-14-25(15-12-20)16-19-9-7-6-8-10-19/h4,6-10,20H,1,5,11-17,24H2,2-3H3/t22-,27?/m0/s1. The van der Waals surface area contributed by atoms with E-state index in [9.17, 15) is 9.47 Å². The van der Waals surface area contributed by atoms with Crippen molar-refractivity contribution in [3.63, 3.8) is 0 Å². The van der Waals surface area contributed by atoms with Gasteiger partial charge in [0.05, 0.1) is 27.2 Å². The molecule has 5 heteroatoms. The molecule has 0 aromatic heterocycles. The summed E-state index contributed by atoms with van der Waals surface area (Å²) in [6.07, 6.45) is 5.98. The van der Waals surface area contributed by atoms with Crippen molar-refractivity contribution >= 4 is 11.0 Å². The summed E-state index contributed by atoms with van der Waals surface area (Å²) in [5.41, 5.74) is 0.833. The summed E-state index contributed by atoms with van der Waals surface area (Å²) in [5, 5.41) is 15.9. The van der Waals surface area contributed by atoms with Gasteiger partial charge < -0.3 is 0 Å². The molecule has 1 aromatic carbocycles. The van der Waals surface area contributed by atoms with Crippen LogP contribution in [0, 0.1) is 22.7 Å². The Morgan fingerprint density at radius 2 is 1.96 bits per heavy atom. The molecule has 2 rings (SSSR count). The number of benzene rings is 1. The smallest absolute Gasteiger partial charge is 0.0946 e. The molecule has 1 fully saturated rings. The molecule has 2 atom stereocenters. The van der Waals surface area contributed by atoms with Crippen LogP contribution >= 0.6 is 0 Å². The quantitative estimate of drug-likeness (QED) is 0.647. The largest absolute Gasteiger partial charge is 0.299 e. The molecule has 148 valence electrons. The zero-order chi connectivity index (χ0) is 19.9. The number of allylic oxidation sites excluding steroid dienone is 1. The van der Waals surface area contributed by atoms with Gasteiger partial charge in [0.1, 0.15) is 0 Å². The first kappa shape index (κ1) is 21.8. The van der Waals surface area contributed by atoms with Crippen molar-refractivity contribution in [1.29, 1.82) is 5.26 Å². The molecule has 0 aliphatic carbocycles. The van der Waals surface area contributed by atoms with Gasteiger partial charge in [0.15, 0.2) is 0 Å². The number of hydrogen-bond acceptors (Lipinski definition) is 3. The first-order chi connectivity index (χ1) is 12.8. The summed E-state index contributed by atoms with van der Waals surface area (Å²) in [6.45, 7) is 10.6. The average Bonchev–Trinajstić information content (AvgIpc) is 2.66. The van der Waals surface area contributed by atoms with Crippen molar-refractivity contribution in [2.75, 3.05) is 13.1 Å². The second-order valence-electron chi connectivity index (χ2n) is 8.37. The molecule has 0 spiro atoms. The third kappa shape index (κ3) is 5.75. The van der Waals surface area contributed by atoms with E-state index in [4.69, 9.17) is 5.14 Å². The Hall–Kier alpha value is -1.48. The molecule has 0 saturated carbocycles. The summed E-state index contributed by atoms with van der Waals surface area (Å²) in [7, 11) is -1.45. The third-order valence-corrected chi connectivity index (χ3v) is 7.15. The maximum Gasteiger partial charge on any atom is 0.0946 e. The number of rotatable bonds is 9. The summed E-state index contributed by atoms with van der Waals surface area (Å²) in [6, 6.07) is 13.2. The van der Waals surface area contributed by atoms with Gasteiger partial charge in [-0.1, -0.05) is 36.4 Å². The third-order valence-electron chi connectivity index (χ3n) is 5.92. The number of hydrogen-bond donors (Lipinski definition) is 1. The van der Waals surface area contributed by atoms with Crippen LogP contribution < -0.4 is 5.14 Å². The fraction of sp³-hybridized carbons (Fsp3) is 0.591. The molecule has 1 aliphatic heterocycles. The molecule has 1 saturated heterocycles. The minimum atomic E-state index is -1.45. The van der Waals surface area contributed by atoms with Crippen molar-refractivity contribution in [1.82, 2.24) is 4.90 Å². The molecule has 1 aliphatic rings. The van der Waals surface area contributed by atoms with Crippen molar-refractivity contribution in [3.05, 3.63) is 48.6 Å². The Bertz CT molecular complexity index is 675. The second kappa shape index (κ2) is 9.64. The molecule has 0 radical (unpaired) electrons. The van der Waals surface area contributed by atoms with E-state index < -0.39 is 21.1 Å². The van der Waals surface area contributed by atoms with E-state index in [-0.39, 0.29) is 0 Å². The second-order valence-corrected chi connectivity index (χ2v) is 10.1. The van der Waals surface area contributed by atoms with Gasteiger partial charge in [-0.3, -0.25) is 10.0 Å². The summed E-state index contributed by atoms with van der Waals surface area (Å²) in [5.74, 6) is 0.303. The Morgan fingerprint density at radius 3 is 2.48 bits per heavy atom. The van der Waals surface area contributed by atoms with Crippen LogP contribution in [-0.2, 0) is 17.5 Å². The average molecular weight is 388 g/mol. The summed E-state index contributed by atoms with van der Waals surface area (Å²) >= 11 is 0. The molecule has 0 bridgehead atoms. The predicted octanol–water partition coefficient (Wildman–Crippen LogP) is 4.17. The molecular formula is C22H33N3OS. The maximum atomic E-state index is 12.0. The Kier molecular flexibility index (Phi) is 7.79. The Morgan fingerprint density at radius 1 is 1.33 bits per heavy atom. The number of piperidine rings is 1. The highest BCUT2D eigenvalue weighted by Gasteiger charge is 2.45. The van der Waals surface area contributed by atoms with Gasteiger partial charge in [-0.2, -0.15) is 5.26 Å². The minimum Gasteiger partial charge on any atom is -0.299 e. The van der Waals surface area contributed by atoms with Crippen molar-refractivity contribution in [2.24, 2.45) is 16.5 Å². The van der Waals surface area contributed by atoms with Crippen LogP contribution in [0.25, 0.3) is 0 Å². The Balaban J connectivity index is 2.09. The van der Waals surface area contributed by atoms with Crippen LogP contribution in [0.5, 0.6) is 0 Å². The van der Waals surface area contributed by atoms with Crippen LogP contribution in [0.3, 0.4) is 0 Å². The molecule has 1 aromatic rings. The first-order valence-corrected chi connectivity index (χ1v) is 11.0. The van der Waals surface area contributed by atoms with E-state index in [1.54, 1.807) is 0 Å². The van der Waals surface area contributed by atoms with Crippen LogP contribution in [0.4, 0.5) is 0 Å². The monoisotopic (exact) mass is 387 g/mol. The first-order valence-electron chi connectivity index (χ1n) is 9.78. The zero-order valence-corrected chi connectivity index (χ0v) is 17.5. The molecule has 27 heavy (non-hydrogen) atoms. The molecule has 2 N–H and O–H groups in total. The molecule has 1 unspecified atom stereocenters. The number of nitriles is 1. The van der Waals surface area contributed by atoms with Crippen LogP contribution in [-0.4, -0.2) is 26.9 Å². The topological polar surface area (TPSA) is 70.1 Å². The molecule has 4 nitrogen and oxygen atoms in total. The van der Waals surface area contributed by atoms with Gasteiger partial charge in [0.2, 0.25) is 0 Å². The van der Waals surface area contributed by atoms with E-state index in [0.29, 0.717) is 12.3 Å². The highest BCUT2D eigenvalue weighted by molar-refractivity contribution is 7.84. The maximum absolute atomic E-state index is 12.0. The van der Waals surface area contributed by atoms with Crippen LogP contribution in [0.15, 0.2) is 43.0 Å². The van der Waals surface area contributed by atoms with Crippen molar-refractivity contribution in [3.8, 4) is 6.07 Å². The van der Waals surface area contributed by atoms with E-state index >= 15 is 0 Å². The lowest BCUT2D eigenvalue weighted by atomic mass is 9.65. The minimum absolute atomic E-state index is 0.303. The molecule has 1 heterocycles. The fourth-order valence-electron chi connectivity index (χ4n) is 4.30. The SMILES string of the molecule is C=CCC[C@@](C#N)(CC(C)(C)S(N)=O)C1CCN(Cc2ccccc2)CC1. The van der Waals surface area contributed by atoms with Gasteiger partial charge in [0, 0.05) is 6.54 Å². The van der Waals surface area contributed by atoms with E-state index in [1.807, 2.05) is 26.0 Å². The van der Waals surface area contributed by atoms with E-state index in [1.165, 1.54) is 5.56 Å². The number of likely N-dealkylation sites (tertiary alicyclic amines) is 1. The van der Waals surface area contributed by atoms with Gasteiger partial charge in [-0.15, -0.1) is 6.58 Å². The lowest BCUT2D eigenvalue weighted by Crippen LogP contribution is -2.45. The Labute approximate surface area is 167 Å². The van der Waals surface area contributed by atoms with E-state index in [2.05, 4.69) is 41.8 Å². The highest BCUT2D eigenvalue weighted by Crippen LogP contribution is 2.45. The van der Waals surface area contributed by atoms with Crippen LogP contribution in [0.1, 0.15) is 51.5 Å². The van der Waals surface area contributed by atoms with Crippen molar-refractivity contribution in [2.45, 2.75) is 57.2 Å². The normalized spacial score (nSPS) is 19.8. The van der Waals surface area contributed by atoms with Gasteiger partial charge in [-0.05, 0) is 70.5 Å². The molecule has 0 amide bonds. The lowest BCUT2D eigenvalue weighted by Gasteiger charge is -2.43. The van der Waals surface area contributed by atoms with E-state index in [0.717, 1.165) is 45.3 Å². The number of nitrogens with two attached hydrogens (primary N) is 1. The van der Waals surface area contributed by atoms with Crippen molar-refractivity contribution < 1.29 is 4.21 Å². The van der Waals surface area contributed by atoms with Crippen LogP contribution in [0.2, 0.25) is 0 Å². The molecular weight excluding hydrogens is 354 g/mol. The predicted molar refractivity (Wildman–Crippen MR) is 113 cm³/mol.